The van der Waals surface area contributed by atoms with Gasteiger partial charge in [0.2, 0.25) is 0 Å². The quantitative estimate of drug-likeness (QED) is 0.842. The van der Waals surface area contributed by atoms with E-state index in [1.54, 1.807) is 0 Å². The van der Waals surface area contributed by atoms with E-state index in [0.29, 0.717) is 6.04 Å². The molecule has 0 amide bonds. The highest BCUT2D eigenvalue weighted by Crippen LogP contribution is 2.32. The molecule has 1 aliphatic heterocycles. The average Bonchev–Trinajstić information content (AvgIpc) is 2.30. The van der Waals surface area contributed by atoms with E-state index < -0.39 is 0 Å². The molecule has 0 radical (unpaired) electrons. The Hall–Kier alpha value is 0.270. The number of hydrogen-bond donors (Lipinski definition) is 1. The molecule has 0 aromatic heterocycles. The SMILES string of the molecule is CC1CN(C(CN)C2CCCCC2)CC(C)S1. The lowest BCUT2D eigenvalue weighted by molar-refractivity contribution is 0.120. The van der Waals surface area contributed by atoms with Gasteiger partial charge in [0.15, 0.2) is 0 Å². The lowest BCUT2D eigenvalue weighted by atomic mass is 9.83. The second-order valence-electron chi connectivity index (χ2n) is 5.91. The number of nitrogens with two attached hydrogens (primary N) is 1. The van der Waals surface area contributed by atoms with Gasteiger partial charge in [0.1, 0.15) is 0 Å². The Morgan fingerprint density at radius 3 is 2.24 bits per heavy atom. The molecule has 0 spiro atoms. The molecule has 0 bridgehead atoms. The van der Waals surface area contributed by atoms with Gasteiger partial charge in [0.25, 0.3) is 0 Å². The summed E-state index contributed by atoms with van der Waals surface area (Å²) >= 11 is 2.14. The van der Waals surface area contributed by atoms with E-state index in [-0.39, 0.29) is 0 Å². The Kier molecular flexibility index (Phi) is 5.19. The lowest BCUT2D eigenvalue weighted by Crippen LogP contribution is -2.52. The molecule has 100 valence electrons. The van der Waals surface area contributed by atoms with Crippen molar-refractivity contribution in [2.24, 2.45) is 11.7 Å². The molecule has 1 saturated heterocycles. The molecule has 1 aliphatic carbocycles. The summed E-state index contributed by atoms with van der Waals surface area (Å²) in [6.45, 7) is 8.07. The largest absolute Gasteiger partial charge is 0.329 e. The molecule has 2 fully saturated rings. The molecule has 0 aromatic rings. The van der Waals surface area contributed by atoms with Gasteiger partial charge in [0, 0.05) is 36.2 Å². The van der Waals surface area contributed by atoms with Crippen LogP contribution in [0.25, 0.3) is 0 Å². The summed E-state index contributed by atoms with van der Waals surface area (Å²) in [4.78, 5) is 2.70. The molecule has 2 nitrogen and oxygen atoms in total. The van der Waals surface area contributed by atoms with Crippen molar-refractivity contribution in [3.05, 3.63) is 0 Å². The third kappa shape index (κ3) is 3.62. The van der Waals surface area contributed by atoms with E-state index in [9.17, 15) is 0 Å². The first-order chi connectivity index (χ1) is 8.20. The summed E-state index contributed by atoms with van der Waals surface area (Å²) in [7, 11) is 0. The number of rotatable bonds is 3. The van der Waals surface area contributed by atoms with E-state index in [4.69, 9.17) is 5.73 Å². The van der Waals surface area contributed by atoms with Crippen LogP contribution in [0.5, 0.6) is 0 Å². The van der Waals surface area contributed by atoms with Gasteiger partial charge in [-0.25, -0.2) is 0 Å². The molecule has 1 saturated carbocycles. The zero-order valence-electron chi connectivity index (χ0n) is 11.4. The summed E-state index contributed by atoms with van der Waals surface area (Å²) in [5, 5.41) is 1.55. The topological polar surface area (TPSA) is 29.3 Å². The number of nitrogens with zero attached hydrogens (tertiary/aromatic N) is 1. The van der Waals surface area contributed by atoms with E-state index >= 15 is 0 Å². The van der Waals surface area contributed by atoms with Gasteiger partial charge in [-0.3, -0.25) is 4.90 Å². The van der Waals surface area contributed by atoms with Crippen LogP contribution in [0.15, 0.2) is 0 Å². The van der Waals surface area contributed by atoms with Crippen LogP contribution in [0.1, 0.15) is 46.0 Å². The van der Waals surface area contributed by atoms with Crippen LogP contribution in [-0.2, 0) is 0 Å². The van der Waals surface area contributed by atoms with Crippen LogP contribution >= 0.6 is 11.8 Å². The van der Waals surface area contributed by atoms with Crippen LogP contribution < -0.4 is 5.73 Å². The zero-order valence-corrected chi connectivity index (χ0v) is 12.2. The fourth-order valence-electron chi connectivity index (χ4n) is 3.65. The van der Waals surface area contributed by atoms with Crippen molar-refractivity contribution in [3.8, 4) is 0 Å². The predicted octanol–water partition coefficient (Wildman–Crippen LogP) is 2.72. The third-order valence-electron chi connectivity index (χ3n) is 4.35. The maximum Gasteiger partial charge on any atom is 0.0247 e. The standard InChI is InChI=1S/C14H28N2S/c1-11-9-16(10-12(2)17-11)14(8-15)13-6-4-3-5-7-13/h11-14H,3-10,15H2,1-2H3. The lowest BCUT2D eigenvalue weighted by Gasteiger charge is -2.43. The molecule has 0 aromatic carbocycles. The van der Waals surface area contributed by atoms with Crippen LogP contribution in [0.3, 0.4) is 0 Å². The van der Waals surface area contributed by atoms with Crippen LogP contribution in [0.4, 0.5) is 0 Å². The molecule has 2 N–H and O–H groups in total. The Bertz CT molecular complexity index is 218. The minimum Gasteiger partial charge on any atom is -0.329 e. The van der Waals surface area contributed by atoms with Gasteiger partial charge in [-0.2, -0.15) is 11.8 Å². The number of thioether (sulfide) groups is 1. The molecule has 2 rings (SSSR count). The molecule has 1 heterocycles. The van der Waals surface area contributed by atoms with Gasteiger partial charge in [-0.05, 0) is 18.8 Å². The van der Waals surface area contributed by atoms with Gasteiger partial charge in [-0.15, -0.1) is 0 Å². The van der Waals surface area contributed by atoms with Crippen molar-refractivity contribution >= 4 is 11.8 Å². The summed E-state index contributed by atoms with van der Waals surface area (Å²) in [5.74, 6) is 0.872. The Labute approximate surface area is 111 Å². The zero-order chi connectivity index (χ0) is 12.3. The molecule has 3 atom stereocenters. The Morgan fingerprint density at radius 1 is 1.12 bits per heavy atom. The van der Waals surface area contributed by atoms with Crippen molar-refractivity contribution in [1.82, 2.24) is 4.90 Å². The first kappa shape index (κ1) is 13.7. The summed E-state index contributed by atoms with van der Waals surface area (Å²) in [5.41, 5.74) is 6.08. The second-order valence-corrected chi connectivity index (χ2v) is 7.79. The van der Waals surface area contributed by atoms with Crippen LogP contribution in [0, 0.1) is 5.92 Å². The molecular weight excluding hydrogens is 228 g/mol. The summed E-state index contributed by atoms with van der Waals surface area (Å²) in [6.07, 6.45) is 7.11. The minimum absolute atomic E-state index is 0.654. The monoisotopic (exact) mass is 256 g/mol. The van der Waals surface area contributed by atoms with Crippen LogP contribution in [-0.4, -0.2) is 41.1 Å². The molecule has 17 heavy (non-hydrogen) atoms. The predicted molar refractivity (Wildman–Crippen MR) is 77.5 cm³/mol. The maximum absolute atomic E-state index is 6.08. The molecule has 3 unspecified atom stereocenters. The molecule has 2 aliphatic rings. The first-order valence-corrected chi connectivity index (χ1v) is 8.24. The van der Waals surface area contributed by atoms with Crippen molar-refractivity contribution in [1.29, 1.82) is 0 Å². The highest BCUT2D eigenvalue weighted by molar-refractivity contribution is 8.00. The Morgan fingerprint density at radius 2 is 1.71 bits per heavy atom. The minimum atomic E-state index is 0.654. The second kappa shape index (κ2) is 6.44. The summed E-state index contributed by atoms with van der Waals surface area (Å²) < 4.78 is 0. The van der Waals surface area contributed by atoms with E-state index in [1.807, 2.05) is 0 Å². The van der Waals surface area contributed by atoms with Gasteiger partial charge in [-0.1, -0.05) is 33.1 Å². The molecular formula is C14H28N2S. The van der Waals surface area contributed by atoms with Crippen molar-refractivity contribution in [3.63, 3.8) is 0 Å². The van der Waals surface area contributed by atoms with Gasteiger partial charge >= 0.3 is 0 Å². The first-order valence-electron chi connectivity index (χ1n) is 7.30. The smallest absolute Gasteiger partial charge is 0.0247 e. The van der Waals surface area contributed by atoms with Crippen molar-refractivity contribution in [2.45, 2.75) is 62.5 Å². The van der Waals surface area contributed by atoms with Crippen LogP contribution in [0.2, 0.25) is 0 Å². The fourth-order valence-corrected chi connectivity index (χ4v) is 5.00. The maximum atomic E-state index is 6.08. The van der Waals surface area contributed by atoms with E-state index in [2.05, 4.69) is 30.5 Å². The average molecular weight is 256 g/mol. The third-order valence-corrected chi connectivity index (χ3v) is 5.58. The number of hydrogen-bond acceptors (Lipinski definition) is 3. The van der Waals surface area contributed by atoms with E-state index in [1.165, 1.54) is 45.2 Å². The van der Waals surface area contributed by atoms with Gasteiger partial charge < -0.3 is 5.73 Å². The van der Waals surface area contributed by atoms with E-state index in [0.717, 1.165) is 23.0 Å². The normalized spacial score (nSPS) is 34.8. The van der Waals surface area contributed by atoms with Crippen molar-refractivity contribution < 1.29 is 0 Å². The Balaban J connectivity index is 1.96. The highest BCUT2D eigenvalue weighted by Gasteiger charge is 2.32. The fraction of sp³-hybridized carbons (Fsp3) is 1.00. The van der Waals surface area contributed by atoms with Gasteiger partial charge in [0.05, 0.1) is 0 Å². The van der Waals surface area contributed by atoms with Crippen molar-refractivity contribution in [2.75, 3.05) is 19.6 Å². The summed E-state index contributed by atoms with van der Waals surface area (Å²) in [6, 6.07) is 0.654. The highest BCUT2D eigenvalue weighted by atomic mass is 32.2. The molecule has 3 heteroatoms.